The van der Waals surface area contributed by atoms with Crippen molar-refractivity contribution in [3.8, 4) is 5.75 Å². The number of hydrogen-bond donors (Lipinski definition) is 1. The van der Waals surface area contributed by atoms with E-state index in [-0.39, 0.29) is 23.7 Å². The van der Waals surface area contributed by atoms with Crippen LogP contribution in [0.15, 0.2) is 36.4 Å². The van der Waals surface area contributed by atoms with Gasteiger partial charge < -0.3 is 10.1 Å². The average molecular weight is 395 g/mol. The smallest absolute Gasteiger partial charge is 0.313 e. The maximum absolute atomic E-state index is 14.1. The van der Waals surface area contributed by atoms with Gasteiger partial charge in [-0.15, -0.1) is 0 Å². The van der Waals surface area contributed by atoms with Crippen LogP contribution < -0.4 is 14.4 Å². The Hall–Kier alpha value is -2.88. The van der Waals surface area contributed by atoms with Gasteiger partial charge in [0.1, 0.15) is 0 Å². The number of hydrogen-bond acceptors (Lipinski definition) is 6. The van der Waals surface area contributed by atoms with E-state index >= 15 is 0 Å². The van der Waals surface area contributed by atoms with Gasteiger partial charge in [0.15, 0.2) is 11.6 Å². The monoisotopic (exact) mass is 395 g/mol. The van der Waals surface area contributed by atoms with Crippen molar-refractivity contribution in [2.75, 3.05) is 29.0 Å². The molecule has 0 amide bonds. The summed E-state index contributed by atoms with van der Waals surface area (Å²) in [6, 6.07) is 8.96. The van der Waals surface area contributed by atoms with Crippen LogP contribution in [0.5, 0.6) is 5.75 Å². The summed E-state index contributed by atoms with van der Waals surface area (Å²) in [5.74, 6) is -0.704. The van der Waals surface area contributed by atoms with Crippen LogP contribution in [0, 0.1) is 15.9 Å². The van der Waals surface area contributed by atoms with Crippen molar-refractivity contribution in [2.45, 2.75) is 13.0 Å². The number of sulfonamides is 1. The molecule has 1 N–H and O–H groups in total. The molecule has 10 heteroatoms. The first-order valence-corrected chi connectivity index (χ1v) is 9.78. The first-order valence-electron chi connectivity index (χ1n) is 8.17. The molecule has 8 nitrogen and oxygen atoms in total. The predicted molar refractivity (Wildman–Crippen MR) is 99.1 cm³/mol. The van der Waals surface area contributed by atoms with E-state index in [9.17, 15) is 22.9 Å². The molecule has 0 atom stereocenters. The molecule has 0 saturated carbocycles. The number of nitro benzene ring substituents is 1. The molecule has 2 aromatic carbocycles. The highest BCUT2D eigenvalue weighted by atomic mass is 32.2. The number of benzene rings is 2. The second-order valence-electron chi connectivity index (χ2n) is 6.03. The summed E-state index contributed by atoms with van der Waals surface area (Å²) in [4.78, 5) is 10.2. The molecular weight excluding hydrogens is 377 g/mol. The Morgan fingerprint density at radius 2 is 2.11 bits per heavy atom. The zero-order chi connectivity index (χ0) is 19.6. The highest BCUT2D eigenvalue weighted by Crippen LogP contribution is 2.32. The molecule has 0 unspecified atom stereocenters. The summed E-state index contributed by atoms with van der Waals surface area (Å²) in [5.41, 5.74) is 0.901. The van der Waals surface area contributed by atoms with Crippen molar-refractivity contribution in [1.82, 2.24) is 0 Å². The van der Waals surface area contributed by atoms with Gasteiger partial charge in [0.05, 0.1) is 35.2 Å². The van der Waals surface area contributed by atoms with Gasteiger partial charge in [-0.2, -0.15) is 0 Å². The van der Waals surface area contributed by atoms with E-state index in [0.29, 0.717) is 18.7 Å². The molecule has 1 aliphatic heterocycles. The molecule has 1 fully saturated rings. The zero-order valence-electron chi connectivity index (χ0n) is 14.5. The van der Waals surface area contributed by atoms with Gasteiger partial charge in [-0.3, -0.25) is 14.4 Å². The van der Waals surface area contributed by atoms with Gasteiger partial charge in [-0.05, 0) is 24.1 Å². The van der Waals surface area contributed by atoms with Crippen molar-refractivity contribution in [1.29, 1.82) is 0 Å². The quantitative estimate of drug-likeness (QED) is 0.596. The number of halogens is 1. The van der Waals surface area contributed by atoms with Crippen LogP contribution in [-0.2, 0) is 16.6 Å². The second-order valence-corrected chi connectivity index (χ2v) is 8.04. The minimum absolute atomic E-state index is 0.0525. The molecule has 27 heavy (non-hydrogen) atoms. The Labute approximate surface area is 155 Å². The summed E-state index contributed by atoms with van der Waals surface area (Å²) in [7, 11) is -2.01. The molecule has 144 valence electrons. The lowest BCUT2D eigenvalue weighted by Gasteiger charge is -2.18. The highest BCUT2D eigenvalue weighted by Gasteiger charge is 2.28. The van der Waals surface area contributed by atoms with E-state index < -0.39 is 26.5 Å². The highest BCUT2D eigenvalue weighted by molar-refractivity contribution is 7.93. The summed E-state index contributed by atoms with van der Waals surface area (Å²) in [5, 5.41) is 13.8. The third-order valence-electron chi connectivity index (χ3n) is 4.25. The zero-order valence-corrected chi connectivity index (χ0v) is 15.3. The molecule has 2 aromatic rings. The van der Waals surface area contributed by atoms with E-state index in [1.807, 2.05) is 0 Å². The Kier molecular flexibility index (Phi) is 5.17. The number of ether oxygens (including phenoxy) is 1. The molecule has 3 rings (SSSR count). The van der Waals surface area contributed by atoms with Crippen LogP contribution in [0.25, 0.3) is 0 Å². The fourth-order valence-corrected chi connectivity index (χ4v) is 4.49. The minimum Gasteiger partial charge on any atom is -0.490 e. The number of nitrogens with zero attached hydrogens (tertiary/aromatic N) is 2. The Morgan fingerprint density at radius 1 is 1.33 bits per heavy atom. The standard InChI is InChI=1S/C17H18FN3O5S/c1-26-17-10-15(14(18)9-16(17)21(22)23)19-11-12-4-2-5-13(8-12)20-6-3-7-27(20,24)25/h2,4-5,8-10,19H,3,6-7,11H2,1H3. The average Bonchev–Trinajstić information content (AvgIpc) is 2.99. The van der Waals surface area contributed by atoms with Crippen molar-refractivity contribution in [3.63, 3.8) is 0 Å². The van der Waals surface area contributed by atoms with Crippen molar-refractivity contribution >= 4 is 27.1 Å². The summed E-state index contributed by atoms with van der Waals surface area (Å²) in [6.07, 6.45) is 0.582. The second kappa shape index (κ2) is 7.39. The molecule has 1 aliphatic rings. The van der Waals surface area contributed by atoms with Crippen LogP contribution in [0.2, 0.25) is 0 Å². The van der Waals surface area contributed by atoms with Crippen molar-refractivity contribution < 1.29 is 22.5 Å². The topological polar surface area (TPSA) is 102 Å². The fraction of sp³-hybridized carbons (Fsp3) is 0.294. The van der Waals surface area contributed by atoms with E-state index in [4.69, 9.17) is 4.74 Å². The normalized spacial score (nSPS) is 15.6. The van der Waals surface area contributed by atoms with E-state index in [1.165, 1.54) is 17.5 Å². The predicted octanol–water partition coefficient (Wildman–Crippen LogP) is 2.89. The molecular formula is C17H18FN3O5S. The molecule has 1 heterocycles. The summed E-state index contributed by atoms with van der Waals surface area (Å²) >= 11 is 0. The number of methoxy groups -OCH3 is 1. The van der Waals surface area contributed by atoms with E-state index in [2.05, 4.69) is 5.32 Å². The summed E-state index contributed by atoms with van der Waals surface area (Å²) < 4.78 is 44.5. The lowest BCUT2D eigenvalue weighted by Crippen LogP contribution is -2.25. The van der Waals surface area contributed by atoms with E-state index in [0.717, 1.165) is 11.6 Å². The van der Waals surface area contributed by atoms with Gasteiger partial charge in [-0.1, -0.05) is 12.1 Å². The largest absolute Gasteiger partial charge is 0.490 e. The van der Waals surface area contributed by atoms with Crippen LogP contribution in [0.1, 0.15) is 12.0 Å². The number of nitrogens with one attached hydrogen (secondary N) is 1. The maximum Gasteiger partial charge on any atom is 0.313 e. The first-order chi connectivity index (χ1) is 12.8. The first kappa shape index (κ1) is 18.9. The molecule has 0 radical (unpaired) electrons. The fourth-order valence-electron chi connectivity index (χ4n) is 2.93. The van der Waals surface area contributed by atoms with Crippen molar-refractivity contribution in [3.05, 3.63) is 57.9 Å². The molecule has 0 aliphatic carbocycles. The maximum atomic E-state index is 14.1. The van der Waals surface area contributed by atoms with Gasteiger partial charge in [0, 0.05) is 19.2 Å². The Bertz CT molecular complexity index is 981. The van der Waals surface area contributed by atoms with Crippen molar-refractivity contribution in [2.24, 2.45) is 0 Å². The van der Waals surface area contributed by atoms with Crippen LogP contribution in [0.3, 0.4) is 0 Å². The van der Waals surface area contributed by atoms with Crippen LogP contribution >= 0.6 is 0 Å². The number of rotatable bonds is 6. The molecule has 1 saturated heterocycles. The van der Waals surface area contributed by atoms with Gasteiger partial charge in [0.2, 0.25) is 10.0 Å². The minimum atomic E-state index is -3.28. The van der Waals surface area contributed by atoms with Crippen LogP contribution in [0.4, 0.5) is 21.5 Å². The Morgan fingerprint density at radius 3 is 2.74 bits per heavy atom. The lowest BCUT2D eigenvalue weighted by atomic mass is 10.2. The molecule has 0 aromatic heterocycles. The van der Waals surface area contributed by atoms with Gasteiger partial charge in [-0.25, -0.2) is 12.8 Å². The third-order valence-corrected chi connectivity index (χ3v) is 6.12. The Balaban J connectivity index is 1.80. The third kappa shape index (κ3) is 3.95. The van der Waals surface area contributed by atoms with Gasteiger partial charge in [0.25, 0.3) is 0 Å². The van der Waals surface area contributed by atoms with E-state index in [1.54, 1.807) is 24.3 Å². The number of anilines is 2. The summed E-state index contributed by atoms with van der Waals surface area (Å²) in [6.45, 7) is 0.646. The van der Waals surface area contributed by atoms with Gasteiger partial charge >= 0.3 is 5.69 Å². The lowest BCUT2D eigenvalue weighted by molar-refractivity contribution is -0.385. The molecule has 0 spiro atoms. The number of nitro groups is 1. The van der Waals surface area contributed by atoms with Crippen LogP contribution in [-0.4, -0.2) is 32.7 Å². The molecule has 0 bridgehead atoms. The SMILES string of the molecule is COc1cc(NCc2cccc(N3CCCS3(=O)=O)c2)c(F)cc1[N+](=O)[O-].